The molecule has 0 aromatic heterocycles. The van der Waals surface area contributed by atoms with E-state index in [1.165, 1.54) is 18.9 Å². The van der Waals surface area contributed by atoms with E-state index in [-0.39, 0.29) is 12.5 Å². The highest BCUT2D eigenvalue weighted by atomic mass is 16.4. The summed E-state index contributed by atoms with van der Waals surface area (Å²) < 4.78 is 0. The number of amides is 2. The quantitative estimate of drug-likeness (QED) is 0.848. The van der Waals surface area contributed by atoms with E-state index in [0.717, 1.165) is 11.1 Å². The lowest BCUT2D eigenvalue weighted by atomic mass is 10.0. The third-order valence-corrected chi connectivity index (χ3v) is 3.33. The summed E-state index contributed by atoms with van der Waals surface area (Å²) in [7, 11) is 1.48. The number of hydrogen-bond acceptors (Lipinski definition) is 3. The number of aliphatic carboxylic acids is 1. The van der Waals surface area contributed by atoms with Crippen LogP contribution in [-0.4, -0.2) is 41.4 Å². The fraction of sp³-hybridized carbons (Fsp3) is 0.400. The fourth-order valence-corrected chi connectivity index (χ4v) is 1.77. The summed E-state index contributed by atoms with van der Waals surface area (Å²) in [6, 6.07) is 4.10. The Morgan fingerprint density at radius 3 is 2.33 bits per heavy atom. The number of carboxylic acid groups (broad SMARTS) is 1. The van der Waals surface area contributed by atoms with Gasteiger partial charge in [0.1, 0.15) is 0 Å². The first kappa shape index (κ1) is 16.7. The molecule has 1 rings (SSSR count). The van der Waals surface area contributed by atoms with Gasteiger partial charge < -0.3 is 15.3 Å². The Balaban J connectivity index is 2.88. The Morgan fingerprint density at radius 1 is 1.24 bits per heavy atom. The molecule has 0 heterocycles. The van der Waals surface area contributed by atoms with Gasteiger partial charge in [0.15, 0.2) is 6.04 Å². The van der Waals surface area contributed by atoms with Gasteiger partial charge in [-0.2, -0.15) is 0 Å². The molecule has 0 saturated carbocycles. The maximum Gasteiger partial charge on any atom is 0.330 e. The van der Waals surface area contributed by atoms with Gasteiger partial charge >= 0.3 is 5.97 Å². The van der Waals surface area contributed by atoms with Crippen molar-refractivity contribution < 1.29 is 19.5 Å². The van der Waals surface area contributed by atoms with E-state index in [1.807, 2.05) is 19.9 Å². The topological polar surface area (TPSA) is 86.7 Å². The predicted octanol–water partition coefficient (Wildman–Crippen LogP) is 1.02. The van der Waals surface area contributed by atoms with E-state index in [9.17, 15) is 19.5 Å². The molecule has 0 aliphatic rings. The number of likely N-dealkylation sites (N-methyl/N-ethyl adjacent to an activating group) is 1. The van der Waals surface area contributed by atoms with E-state index in [0.29, 0.717) is 5.56 Å². The number of rotatable bonds is 5. The van der Waals surface area contributed by atoms with E-state index in [1.54, 1.807) is 12.1 Å². The van der Waals surface area contributed by atoms with Crippen LogP contribution in [-0.2, 0) is 14.4 Å². The molecule has 0 saturated heterocycles. The first-order valence-corrected chi connectivity index (χ1v) is 6.53. The molecule has 0 radical (unpaired) electrons. The zero-order chi connectivity index (χ0) is 16.2. The van der Waals surface area contributed by atoms with Gasteiger partial charge in [0, 0.05) is 14.0 Å². The Morgan fingerprint density at radius 2 is 1.86 bits per heavy atom. The van der Waals surface area contributed by atoms with Crippen molar-refractivity contribution in [3.8, 4) is 0 Å². The fourth-order valence-electron chi connectivity index (χ4n) is 1.77. The second kappa shape index (κ2) is 6.88. The third-order valence-electron chi connectivity index (χ3n) is 3.33. The van der Waals surface area contributed by atoms with Crippen LogP contribution in [0.5, 0.6) is 0 Å². The number of carbonyl (C=O) groups is 3. The number of aryl methyl sites for hydroxylation is 2. The van der Waals surface area contributed by atoms with Crippen LogP contribution in [0.4, 0.5) is 0 Å². The average molecular weight is 292 g/mol. The van der Waals surface area contributed by atoms with Crippen molar-refractivity contribution in [1.82, 2.24) is 10.2 Å². The van der Waals surface area contributed by atoms with Gasteiger partial charge in [-0.05, 0) is 30.5 Å². The number of benzene rings is 1. The first-order chi connectivity index (χ1) is 9.72. The van der Waals surface area contributed by atoms with Crippen LogP contribution in [0.1, 0.15) is 29.7 Å². The predicted molar refractivity (Wildman–Crippen MR) is 77.7 cm³/mol. The molecule has 6 heteroatoms. The number of nitrogens with zero attached hydrogens (tertiary/aromatic N) is 1. The maximum absolute atomic E-state index is 11.8. The Labute approximate surface area is 123 Å². The smallest absolute Gasteiger partial charge is 0.330 e. The van der Waals surface area contributed by atoms with E-state index < -0.39 is 17.9 Å². The summed E-state index contributed by atoms with van der Waals surface area (Å²) in [5.74, 6) is -1.92. The highest BCUT2D eigenvalue weighted by Gasteiger charge is 2.23. The summed E-state index contributed by atoms with van der Waals surface area (Å²) in [5.41, 5.74) is 2.50. The van der Waals surface area contributed by atoms with Gasteiger partial charge in [0.2, 0.25) is 11.8 Å². The number of hydrogen-bond donors (Lipinski definition) is 2. The monoisotopic (exact) mass is 292 g/mol. The van der Waals surface area contributed by atoms with Gasteiger partial charge in [0.05, 0.1) is 6.54 Å². The lowest BCUT2D eigenvalue weighted by Gasteiger charge is -2.19. The molecule has 6 nitrogen and oxygen atoms in total. The maximum atomic E-state index is 11.8. The Kier molecular flexibility index (Phi) is 5.46. The van der Waals surface area contributed by atoms with Crippen molar-refractivity contribution in [3.63, 3.8) is 0 Å². The molecule has 0 fully saturated rings. The lowest BCUT2D eigenvalue weighted by molar-refractivity contribution is -0.142. The van der Waals surface area contributed by atoms with Crippen LogP contribution in [0.25, 0.3) is 0 Å². The Bertz CT molecular complexity index is 569. The second-order valence-corrected chi connectivity index (χ2v) is 5.06. The van der Waals surface area contributed by atoms with Crippen LogP contribution in [0.3, 0.4) is 0 Å². The van der Waals surface area contributed by atoms with Crippen molar-refractivity contribution in [2.75, 3.05) is 13.6 Å². The zero-order valence-corrected chi connectivity index (χ0v) is 12.6. The molecule has 0 aliphatic carbocycles. The first-order valence-electron chi connectivity index (χ1n) is 6.53. The number of nitrogens with one attached hydrogen (secondary N) is 1. The molecule has 1 unspecified atom stereocenters. The second-order valence-electron chi connectivity index (χ2n) is 5.06. The summed E-state index contributed by atoms with van der Waals surface area (Å²) in [4.78, 5) is 35.5. The summed E-state index contributed by atoms with van der Waals surface area (Å²) in [5, 5.41) is 11.7. The zero-order valence-electron chi connectivity index (χ0n) is 12.6. The largest absolute Gasteiger partial charge is 0.479 e. The highest BCUT2D eigenvalue weighted by molar-refractivity contribution is 5.87. The van der Waals surface area contributed by atoms with Gasteiger partial charge in [-0.25, -0.2) is 4.79 Å². The normalized spacial score (nSPS) is 11.6. The van der Waals surface area contributed by atoms with E-state index in [2.05, 4.69) is 5.32 Å². The molecule has 1 atom stereocenters. The highest BCUT2D eigenvalue weighted by Crippen LogP contribution is 2.17. The Hall–Kier alpha value is -2.37. The minimum Gasteiger partial charge on any atom is -0.479 e. The summed E-state index contributed by atoms with van der Waals surface area (Å²) in [6.45, 7) is 4.97. The molecular weight excluding hydrogens is 272 g/mol. The van der Waals surface area contributed by atoms with E-state index in [4.69, 9.17) is 0 Å². The van der Waals surface area contributed by atoms with E-state index >= 15 is 0 Å². The van der Waals surface area contributed by atoms with Crippen molar-refractivity contribution in [2.24, 2.45) is 0 Å². The summed E-state index contributed by atoms with van der Waals surface area (Å²) >= 11 is 0. The van der Waals surface area contributed by atoms with Crippen molar-refractivity contribution in [1.29, 1.82) is 0 Å². The molecule has 0 bridgehead atoms. The average Bonchev–Trinajstić information content (AvgIpc) is 2.38. The standard InChI is InChI=1S/C15H20N2O4/c1-9-5-6-12(7-10(9)2)14(15(20)21)16-13(19)8-17(4)11(3)18/h5-7,14H,8H2,1-4H3,(H,16,19)(H,20,21). The van der Waals surface area contributed by atoms with Gasteiger partial charge in [0.25, 0.3) is 0 Å². The molecule has 0 spiro atoms. The molecular formula is C15H20N2O4. The van der Waals surface area contributed by atoms with Crippen LogP contribution in [0.2, 0.25) is 0 Å². The van der Waals surface area contributed by atoms with Gasteiger partial charge in [-0.1, -0.05) is 18.2 Å². The minimum absolute atomic E-state index is 0.177. The summed E-state index contributed by atoms with van der Waals surface area (Å²) in [6.07, 6.45) is 0. The van der Waals surface area contributed by atoms with Crippen molar-refractivity contribution >= 4 is 17.8 Å². The number of carbonyl (C=O) groups excluding carboxylic acids is 2. The molecule has 0 aliphatic heterocycles. The number of carboxylic acids is 1. The molecule has 114 valence electrons. The van der Waals surface area contributed by atoms with Crippen molar-refractivity contribution in [3.05, 3.63) is 34.9 Å². The van der Waals surface area contributed by atoms with Gasteiger partial charge in [-0.15, -0.1) is 0 Å². The molecule has 1 aromatic carbocycles. The van der Waals surface area contributed by atoms with Gasteiger partial charge in [-0.3, -0.25) is 9.59 Å². The van der Waals surface area contributed by atoms with Crippen LogP contribution in [0.15, 0.2) is 18.2 Å². The third kappa shape index (κ3) is 4.59. The van der Waals surface area contributed by atoms with Crippen LogP contribution >= 0.6 is 0 Å². The van der Waals surface area contributed by atoms with Crippen LogP contribution < -0.4 is 5.32 Å². The molecule has 2 N–H and O–H groups in total. The molecule has 2 amide bonds. The molecule has 1 aromatic rings. The van der Waals surface area contributed by atoms with Crippen LogP contribution in [0, 0.1) is 13.8 Å². The lowest BCUT2D eigenvalue weighted by Crippen LogP contribution is -2.41. The molecule has 21 heavy (non-hydrogen) atoms. The van der Waals surface area contributed by atoms with Crippen molar-refractivity contribution in [2.45, 2.75) is 26.8 Å². The SMILES string of the molecule is CC(=O)N(C)CC(=O)NC(C(=O)O)c1ccc(C)c(C)c1. The minimum atomic E-state index is -1.14.